The Balaban J connectivity index is 1.44. The average Bonchev–Trinajstić information content (AvgIpc) is 3.22. The number of carbonyl (C=O) groups excluding carboxylic acids is 1. The van der Waals surface area contributed by atoms with Gasteiger partial charge in [0.05, 0.1) is 18.8 Å². The molecule has 0 aliphatic heterocycles. The number of hydrogen-bond acceptors (Lipinski definition) is 5. The van der Waals surface area contributed by atoms with Crippen molar-refractivity contribution in [1.29, 1.82) is 0 Å². The number of aryl methyl sites for hydroxylation is 1. The number of fused-ring (bicyclic) bond motifs is 1. The summed E-state index contributed by atoms with van der Waals surface area (Å²) >= 11 is 0. The molecule has 7 heteroatoms. The first kappa shape index (κ1) is 19.6. The topological polar surface area (TPSA) is 81.4 Å². The molecule has 1 atom stereocenters. The van der Waals surface area contributed by atoms with E-state index in [9.17, 15) is 4.79 Å². The Morgan fingerprint density at radius 1 is 1.13 bits per heavy atom. The van der Waals surface area contributed by atoms with Crippen molar-refractivity contribution in [2.24, 2.45) is 0 Å². The number of ether oxygens (including phenoxy) is 1. The number of nitrogens with one attached hydrogen (secondary N) is 1. The fourth-order valence-corrected chi connectivity index (χ4v) is 3.20. The smallest absolute Gasteiger partial charge is 0.220 e. The quantitative estimate of drug-likeness (QED) is 0.512. The number of hydrogen-bond donors (Lipinski definition) is 1. The highest BCUT2D eigenvalue weighted by Gasteiger charge is 2.15. The maximum atomic E-state index is 12.3. The number of aromatic nitrogens is 4. The van der Waals surface area contributed by atoms with Crippen LogP contribution in [0.25, 0.3) is 16.9 Å². The minimum atomic E-state index is -0.294. The van der Waals surface area contributed by atoms with Gasteiger partial charge >= 0.3 is 0 Å². The van der Waals surface area contributed by atoms with Crippen LogP contribution < -0.4 is 10.1 Å². The highest BCUT2D eigenvalue weighted by atomic mass is 16.5. The summed E-state index contributed by atoms with van der Waals surface area (Å²) in [6, 6.07) is 19.2. The zero-order chi connectivity index (χ0) is 20.9. The number of rotatable bonds is 7. The zero-order valence-corrected chi connectivity index (χ0v) is 16.9. The lowest BCUT2D eigenvalue weighted by atomic mass is 10.1. The van der Waals surface area contributed by atoms with E-state index in [0.29, 0.717) is 24.3 Å². The van der Waals surface area contributed by atoms with Crippen LogP contribution in [0.15, 0.2) is 67.0 Å². The highest BCUT2D eigenvalue weighted by molar-refractivity contribution is 5.76. The first-order valence-corrected chi connectivity index (χ1v) is 9.82. The molecule has 2 aromatic carbocycles. The molecule has 2 aromatic heterocycles. The summed E-state index contributed by atoms with van der Waals surface area (Å²) in [5.41, 5.74) is 3.58. The molecule has 0 aliphatic carbocycles. The third-order valence-electron chi connectivity index (χ3n) is 4.88. The van der Waals surface area contributed by atoms with Crippen molar-refractivity contribution in [3.8, 4) is 17.0 Å². The van der Waals surface area contributed by atoms with Gasteiger partial charge in [-0.1, -0.05) is 30.3 Å². The Labute approximate surface area is 174 Å². The molecule has 0 saturated heterocycles. The summed E-state index contributed by atoms with van der Waals surface area (Å²) in [4.78, 5) is 21.3. The van der Waals surface area contributed by atoms with Gasteiger partial charge in [-0.2, -0.15) is 0 Å². The maximum Gasteiger partial charge on any atom is 0.220 e. The third kappa shape index (κ3) is 4.46. The second-order valence-electron chi connectivity index (χ2n) is 7.05. The summed E-state index contributed by atoms with van der Waals surface area (Å²) in [7, 11) is 1.64. The number of benzene rings is 2. The second kappa shape index (κ2) is 8.73. The van der Waals surface area contributed by atoms with Crippen LogP contribution >= 0.6 is 0 Å². The van der Waals surface area contributed by atoms with Crippen LogP contribution in [0.2, 0.25) is 0 Å². The minimum absolute atomic E-state index is 0.0257. The molecule has 0 unspecified atom stereocenters. The van der Waals surface area contributed by atoms with Crippen molar-refractivity contribution in [2.45, 2.75) is 25.8 Å². The van der Waals surface area contributed by atoms with Crippen molar-refractivity contribution in [1.82, 2.24) is 24.9 Å². The fraction of sp³-hybridized carbons (Fsp3) is 0.217. The molecule has 0 spiro atoms. The number of nitrogens with zero attached hydrogens (tertiary/aromatic N) is 4. The van der Waals surface area contributed by atoms with Crippen molar-refractivity contribution in [3.05, 3.63) is 78.4 Å². The van der Waals surface area contributed by atoms with E-state index in [1.165, 1.54) is 0 Å². The largest absolute Gasteiger partial charge is 0.497 e. The summed E-state index contributed by atoms with van der Waals surface area (Å²) < 4.78 is 6.82. The van der Waals surface area contributed by atoms with Crippen LogP contribution in [-0.4, -0.2) is 32.6 Å². The van der Waals surface area contributed by atoms with Gasteiger partial charge in [-0.15, -0.1) is 5.10 Å². The maximum absolute atomic E-state index is 12.3. The zero-order valence-electron chi connectivity index (χ0n) is 16.9. The van der Waals surface area contributed by atoms with E-state index in [1.807, 2.05) is 67.6 Å². The van der Waals surface area contributed by atoms with Gasteiger partial charge in [0.25, 0.3) is 0 Å². The van der Waals surface area contributed by atoms with Gasteiger partial charge in [-0.05, 0) is 43.2 Å². The Bertz CT molecular complexity index is 1140. The van der Waals surface area contributed by atoms with E-state index in [0.717, 1.165) is 22.6 Å². The van der Waals surface area contributed by atoms with Crippen molar-refractivity contribution >= 4 is 11.6 Å². The summed E-state index contributed by atoms with van der Waals surface area (Å²) in [6.07, 6.45) is 2.76. The number of amides is 1. The molecule has 7 nitrogen and oxygen atoms in total. The molecule has 1 N–H and O–H groups in total. The van der Waals surface area contributed by atoms with E-state index in [2.05, 4.69) is 20.4 Å². The molecular weight excluding hydrogens is 378 g/mol. The summed E-state index contributed by atoms with van der Waals surface area (Å²) in [5.74, 6) is 1.32. The molecule has 1 amide bonds. The molecule has 0 aliphatic rings. The normalized spacial score (nSPS) is 11.9. The molecule has 2 heterocycles. The number of carbonyl (C=O) groups is 1. The fourth-order valence-electron chi connectivity index (χ4n) is 3.20. The lowest BCUT2D eigenvalue weighted by Gasteiger charge is -2.10. The Morgan fingerprint density at radius 2 is 1.90 bits per heavy atom. The van der Waals surface area contributed by atoms with Crippen LogP contribution in [0.3, 0.4) is 0 Å². The molecular formula is C23H23N5O2. The van der Waals surface area contributed by atoms with Gasteiger partial charge in [0.2, 0.25) is 5.91 Å². The summed E-state index contributed by atoms with van der Waals surface area (Å²) in [5, 5.41) is 7.43. The van der Waals surface area contributed by atoms with E-state index in [4.69, 9.17) is 4.74 Å². The molecule has 0 fully saturated rings. The van der Waals surface area contributed by atoms with Crippen LogP contribution in [0.1, 0.15) is 30.8 Å². The molecule has 152 valence electrons. The predicted octanol–water partition coefficient (Wildman–Crippen LogP) is 3.61. The SMILES string of the molecule is COc1ccc(-c2cc3nc([C@@H](C)NC(=O)CCc4ccccc4)nn3cn2)cc1. The minimum Gasteiger partial charge on any atom is -0.497 e. The van der Waals surface area contributed by atoms with E-state index in [-0.39, 0.29) is 11.9 Å². The van der Waals surface area contributed by atoms with E-state index < -0.39 is 0 Å². The van der Waals surface area contributed by atoms with E-state index >= 15 is 0 Å². The van der Waals surface area contributed by atoms with Gasteiger partial charge < -0.3 is 10.1 Å². The van der Waals surface area contributed by atoms with Gasteiger partial charge in [-0.3, -0.25) is 4.79 Å². The first-order valence-electron chi connectivity index (χ1n) is 9.82. The standard InChI is InChI=1S/C23H23N5O2/c1-16(25-22(29)13-8-17-6-4-3-5-7-17)23-26-21-14-20(24-15-28(21)27-23)18-9-11-19(30-2)12-10-18/h3-7,9-12,14-16H,8,13H2,1-2H3,(H,25,29)/t16-/m1/s1. The Hall–Kier alpha value is -3.74. The third-order valence-corrected chi connectivity index (χ3v) is 4.88. The Kier molecular flexibility index (Phi) is 5.70. The summed E-state index contributed by atoms with van der Waals surface area (Å²) in [6.45, 7) is 1.88. The molecule has 30 heavy (non-hydrogen) atoms. The van der Waals surface area contributed by atoms with Crippen molar-refractivity contribution < 1.29 is 9.53 Å². The molecule has 0 radical (unpaired) electrons. The highest BCUT2D eigenvalue weighted by Crippen LogP contribution is 2.21. The average molecular weight is 401 g/mol. The van der Waals surface area contributed by atoms with Gasteiger partial charge in [0, 0.05) is 18.1 Å². The van der Waals surface area contributed by atoms with Crippen molar-refractivity contribution in [2.75, 3.05) is 7.11 Å². The Morgan fingerprint density at radius 3 is 2.63 bits per heavy atom. The predicted molar refractivity (Wildman–Crippen MR) is 114 cm³/mol. The van der Waals surface area contributed by atoms with E-state index in [1.54, 1.807) is 18.0 Å². The molecule has 0 saturated carbocycles. The second-order valence-corrected chi connectivity index (χ2v) is 7.05. The lowest BCUT2D eigenvalue weighted by Crippen LogP contribution is -2.27. The molecule has 4 rings (SSSR count). The van der Waals surface area contributed by atoms with Gasteiger partial charge in [0.15, 0.2) is 11.5 Å². The van der Waals surface area contributed by atoms with Crippen LogP contribution in [0, 0.1) is 0 Å². The van der Waals surface area contributed by atoms with Crippen LogP contribution in [0.4, 0.5) is 0 Å². The van der Waals surface area contributed by atoms with Crippen molar-refractivity contribution in [3.63, 3.8) is 0 Å². The molecule has 0 bridgehead atoms. The number of methoxy groups -OCH3 is 1. The van der Waals surface area contributed by atoms with Crippen LogP contribution in [0.5, 0.6) is 5.75 Å². The first-order chi connectivity index (χ1) is 14.6. The van der Waals surface area contributed by atoms with Gasteiger partial charge in [-0.25, -0.2) is 14.5 Å². The molecule has 4 aromatic rings. The van der Waals surface area contributed by atoms with Crippen LogP contribution in [-0.2, 0) is 11.2 Å². The van der Waals surface area contributed by atoms with Gasteiger partial charge in [0.1, 0.15) is 12.1 Å². The monoisotopic (exact) mass is 401 g/mol. The lowest BCUT2D eigenvalue weighted by molar-refractivity contribution is -0.121.